The van der Waals surface area contributed by atoms with Gasteiger partial charge >= 0.3 is 0 Å². The third-order valence-corrected chi connectivity index (χ3v) is 4.47. The zero-order chi connectivity index (χ0) is 15.5. The van der Waals surface area contributed by atoms with Crippen molar-refractivity contribution in [1.82, 2.24) is 10.3 Å². The van der Waals surface area contributed by atoms with Crippen molar-refractivity contribution in [2.75, 3.05) is 11.8 Å². The molecule has 112 valence electrons. The fourth-order valence-electron chi connectivity index (χ4n) is 1.92. The van der Waals surface area contributed by atoms with Gasteiger partial charge in [0, 0.05) is 24.5 Å². The van der Waals surface area contributed by atoms with Crippen molar-refractivity contribution >= 4 is 15.7 Å². The Hall–Kier alpha value is -1.99. The largest absolute Gasteiger partial charge is 0.316 e. The van der Waals surface area contributed by atoms with Crippen LogP contribution >= 0.6 is 0 Å². The van der Waals surface area contributed by atoms with Crippen LogP contribution in [0.1, 0.15) is 11.1 Å². The first-order valence-corrected chi connectivity index (χ1v) is 7.79. The highest BCUT2D eigenvalue weighted by molar-refractivity contribution is 7.92. The first-order chi connectivity index (χ1) is 9.94. The maximum Gasteiger partial charge on any atom is 0.262 e. The van der Waals surface area contributed by atoms with Gasteiger partial charge in [0.15, 0.2) is 0 Å². The Morgan fingerprint density at radius 2 is 1.90 bits per heavy atom. The van der Waals surface area contributed by atoms with Crippen LogP contribution in [0.4, 0.5) is 10.1 Å². The predicted octanol–water partition coefficient (Wildman–Crippen LogP) is 2.05. The number of nitrogens with zero attached hydrogens (tertiary/aromatic N) is 1. The molecule has 5 nitrogen and oxygen atoms in total. The summed E-state index contributed by atoms with van der Waals surface area (Å²) in [4.78, 5) is 3.75. The Morgan fingerprint density at radius 3 is 2.52 bits per heavy atom. The fourth-order valence-corrected chi connectivity index (χ4v) is 3.29. The van der Waals surface area contributed by atoms with Crippen molar-refractivity contribution in [1.29, 1.82) is 0 Å². The van der Waals surface area contributed by atoms with Gasteiger partial charge in [-0.3, -0.25) is 9.71 Å². The SMILES string of the molecule is CNCc1cc(F)c(C)c(S(=O)(=O)Nc2ccncc2)c1. The lowest BCUT2D eigenvalue weighted by atomic mass is 10.1. The summed E-state index contributed by atoms with van der Waals surface area (Å²) >= 11 is 0. The van der Waals surface area contributed by atoms with Crippen molar-refractivity contribution in [3.05, 3.63) is 53.6 Å². The molecule has 21 heavy (non-hydrogen) atoms. The smallest absolute Gasteiger partial charge is 0.262 e. The van der Waals surface area contributed by atoms with E-state index >= 15 is 0 Å². The van der Waals surface area contributed by atoms with Gasteiger partial charge in [0.25, 0.3) is 10.0 Å². The number of hydrogen-bond acceptors (Lipinski definition) is 4. The summed E-state index contributed by atoms with van der Waals surface area (Å²) in [5, 5.41) is 2.87. The van der Waals surface area contributed by atoms with Gasteiger partial charge in [0.2, 0.25) is 0 Å². The van der Waals surface area contributed by atoms with Crippen molar-refractivity contribution in [3.8, 4) is 0 Å². The first-order valence-electron chi connectivity index (χ1n) is 6.30. The van der Waals surface area contributed by atoms with Crippen LogP contribution < -0.4 is 10.0 Å². The first kappa shape index (κ1) is 15.4. The van der Waals surface area contributed by atoms with Gasteiger partial charge in [-0.15, -0.1) is 0 Å². The Morgan fingerprint density at radius 1 is 1.24 bits per heavy atom. The van der Waals surface area contributed by atoms with Crippen LogP contribution in [0, 0.1) is 12.7 Å². The molecule has 0 amide bonds. The number of aromatic nitrogens is 1. The second-order valence-corrected chi connectivity index (χ2v) is 6.22. The molecule has 0 aliphatic carbocycles. The molecule has 0 aliphatic heterocycles. The van der Waals surface area contributed by atoms with Crippen LogP contribution in [0.3, 0.4) is 0 Å². The average Bonchev–Trinajstić information content (AvgIpc) is 2.43. The lowest BCUT2D eigenvalue weighted by Crippen LogP contribution is -2.16. The van der Waals surface area contributed by atoms with Crippen molar-refractivity contribution in [3.63, 3.8) is 0 Å². The van der Waals surface area contributed by atoms with Gasteiger partial charge in [0.1, 0.15) is 5.82 Å². The van der Waals surface area contributed by atoms with Gasteiger partial charge in [-0.25, -0.2) is 12.8 Å². The number of benzene rings is 1. The van der Waals surface area contributed by atoms with Gasteiger partial charge < -0.3 is 5.32 Å². The zero-order valence-corrected chi connectivity index (χ0v) is 12.5. The number of sulfonamides is 1. The molecule has 0 saturated carbocycles. The van der Waals surface area contributed by atoms with Crippen LogP contribution in [0.2, 0.25) is 0 Å². The number of nitrogens with one attached hydrogen (secondary N) is 2. The monoisotopic (exact) mass is 309 g/mol. The van der Waals surface area contributed by atoms with Crippen molar-refractivity contribution < 1.29 is 12.8 Å². The van der Waals surface area contributed by atoms with E-state index in [0.717, 1.165) is 0 Å². The zero-order valence-electron chi connectivity index (χ0n) is 11.7. The predicted molar refractivity (Wildman–Crippen MR) is 78.9 cm³/mol. The van der Waals surface area contributed by atoms with Crippen LogP contribution in [-0.4, -0.2) is 20.4 Å². The molecular weight excluding hydrogens is 293 g/mol. The minimum absolute atomic E-state index is 0.0652. The highest BCUT2D eigenvalue weighted by Crippen LogP contribution is 2.23. The Kier molecular flexibility index (Phi) is 4.54. The standard InChI is InChI=1S/C14H16FN3O2S/c1-10-13(15)7-11(9-16-2)8-14(10)21(19,20)18-12-3-5-17-6-4-12/h3-8,16H,9H2,1-2H3,(H,17,18). The average molecular weight is 309 g/mol. The number of hydrogen-bond donors (Lipinski definition) is 2. The normalized spacial score (nSPS) is 11.4. The molecule has 1 aromatic heterocycles. The molecule has 0 fully saturated rings. The van der Waals surface area contributed by atoms with Crippen LogP contribution in [-0.2, 0) is 16.6 Å². The summed E-state index contributed by atoms with van der Waals surface area (Å²) in [6.45, 7) is 1.83. The summed E-state index contributed by atoms with van der Waals surface area (Å²) in [7, 11) is -2.14. The van der Waals surface area contributed by atoms with Crippen LogP contribution in [0.25, 0.3) is 0 Å². The molecule has 1 aromatic carbocycles. The van der Waals surface area contributed by atoms with Crippen molar-refractivity contribution in [2.24, 2.45) is 0 Å². The van der Waals surface area contributed by atoms with Crippen molar-refractivity contribution in [2.45, 2.75) is 18.4 Å². The van der Waals surface area contributed by atoms with E-state index in [2.05, 4.69) is 15.0 Å². The van der Waals surface area contributed by atoms with E-state index in [9.17, 15) is 12.8 Å². The summed E-state index contributed by atoms with van der Waals surface area (Å²) in [6, 6.07) is 5.86. The molecule has 2 rings (SSSR count). The van der Waals surface area contributed by atoms with E-state index in [1.54, 1.807) is 7.05 Å². The van der Waals surface area contributed by atoms with Crippen LogP contribution in [0.5, 0.6) is 0 Å². The third-order valence-electron chi connectivity index (χ3n) is 2.96. The molecular formula is C14H16FN3O2S. The lowest BCUT2D eigenvalue weighted by molar-refractivity contribution is 0.588. The lowest BCUT2D eigenvalue weighted by Gasteiger charge is -2.12. The summed E-state index contributed by atoms with van der Waals surface area (Å²) < 4.78 is 41.1. The van der Waals surface area contributed by atoms with Gasteiger partial charge in [0.05, 0.1) is 10.6 Å². The molecule has 2 aromatic rings. The summed E-state index contributed by atoms with van der Waals surface area (Å²) in [5.74, 6) is -0.544. The highest BCUT2D eigenvalue weighted by atomic mass is 32.2. The van der Waals surface area contributed by atoms with E-state index in [1.807, 2.05) is 0 Å². The quantitative estimate of drug-likeness (QED) is 0.887. The molecule has 0 spiro atoms. The minimum atomic E-state index is -3.85. The van der Waals surface area contributed by atoms with E-state index in [0.29, 0.717) is 17.8 Å². The fraction of sp³-hybridized carbons (Fsp3) is 0.214. The molecule has 0 saturated heterocycles. The maximum absolute atomic E-state index is 13.9. The number of rotatable bonds is 5. The molecule has 0 unspecified atom stereocenters. The number of halogens is 1. The van der Waals surface area contributed by atoms with E-state index in [1.165, 1.54) is 43.6 Å². The molecule has 0 atom stereocenters. The Labute approximate surface area is 123 Å². The number of anilines is 1. The maximum atomic E-state index is 13.9. The second kappa shape index (κ2) is 6.19. The second-order valence-electron chi connectivity index (χ2n) is 4.57. The topological polar surface area (TPSA) is 71.1 Å². The van der Waals surface area contributed by atoms with E-state index < -0.39 is 15.8 Å². The van der Waals surface area contributed by atoms with Crippen LogP contribution in [0.15, 0.2) is 41.6 Å². The third kappa shape index (κ3) is 3.56. The van der Waals surface area contributed by atoms with Gasteiger partial charge in [-0.05, 0) is 43.8 Å². The molecule has 0 aliphatic rings. The summed E-state index contributed by atoms with van der Waals surface area (Å²) in [5.41, 5.74) is 1.04. The molecule has 0 radical (unpaired) electrons. The summed E-state index contributed by atoms with van der Waals surface area (Å²) in [6.07, 6.45) is 2.95. The van der Waals surface area contributed by atoms with E-state index in [-0.39, 0.29) is 10.5 Å². The highest BCUT2D eigenvalue weighted by Gasteiger charge is 2.20. The molecule has 0 bridgehead atoms. The molecule has 7 heteroatoms. The molecule has 1 heterocycles. The minimum Gasteiger partial charge on any atom is -0.316 e. The van der Waals surface area contributed by atoms with Gasteiger partial charge in [-0.2, -0.15) is 0 Å². The number of pyridine rings is 1. The Balaban J connectivity index is 2.44. The van der Waals surface area contributed by atoms with E-state index in [4.69, 9.17) is 0 Å². The Bertz CT molecular complexity index is 733. The molecule has 2 N–H and O–H groups in total. The van der Waals surface area contributed by atoms with Gasteiger partial charge in [-0.1, -0.05) is 0 Å².